The smallest absolute Gasteiger partial charge is 0.249 e. The molecular weight excluding hydrogens is 430 g/mol. The predicted molar refractivity (Wildman–Crippen MR) is 115 cm³/mol. The van der Waals surface area contributed by atoms with E-state index in [1.165, 1.54) is 23.1 Å². The van der Waals surface area contributed by atoms with Crippen LogP contribution in [0.4, 0.5) is 10.8 Å². The number of hydrogen-bond donors (Lipinski definition) is 1. The molecule has 0 saturated carbocycles. The monoisotopic (exact) mass is 445 g/mol. The second-order valence-corrected chi connectivity index (χ2v) is 8.30. The maximum absolute atomic E-state index is 6.18. The molecule has 0 bridgehead atoms. The minimum Gasteiger partial charge on any atom is -0.492 e. The first-order valence-electron chi connectivity index (χ1n) is 8.75. The third-order valence-electron chi connectivity index (χ3n) is 3.73. The molecule has 10 heteroatoms. The zero-order valence-electron chi connectivity index (χ0n) is 15.3. The van der Waals surface area contributed by atoms with Gasteiger partial charge in [-0.1, -0.05) is 59.0 Å². The largest absolute Gasteiger partial charge is 0.492 e. The van der Waals surface area contributed by atoms with E-state index in [0.29, 0.717) is 39.9 Å². The van der Waals surface area contributed by atoms with Crippen LogP contribution >= 0.6 is 34.7 Å². The van der Waals surface area contributed by atoms with Gasteiger partial charge in [0.05, 0.1) is 28.6 Å². The molecular formula is C19H16ClN5O2S2. The van der Waals surface area contributed by atoms with E-state index in [-0.39, 0.29) is 0 Å². The molecule has 0 spiro atoms. The van der Waals surface area contributed by atoms with Crippen molar-refractivity contribution < 1.29 is 9.15 Å². The summed E-state index contributed by atoms with van der Waals surface area (Å²) in [5.41, 5.74) is 1.57. The summed E-state index contributed by atoms with van der Waals surface area (Å²) in [4.78, 5) is 0. The number of anilines is 2. The maximum atomic E-state index is 6.18. The molecule has 0 aliphatic rings. The Morgan fingerprint density at radius 3 is 2.76 bits per heavy atom. The van der Waals surface area contributed by atoms with Crippen LogP contribution in [0.3, 0.4) is 0 Å². The summed E-state index contributed by atoms with van der Waals surface area (Å²) >= 11 is 9.09. The summed E-state index contributed by atoms with van der Waals surface area (Å²) in [7, 11) is 0. The number of ether oxygens (including phenoxy) is 1. The number of rotatable bonds is 8. The fraction of sp³-hybridized carbons (Fsp3) is 0.158. The summed E-state index contributed by atoms with van der Waals surface area (Å²) < 4.78 is 12.1. The highest BCUT2D eigenvalue weighted by molar-refractivity contribution is 8.00. The average Bonchev–Trinajstić information content (AvgIpc) is 3.38. The van der Waals surface area contributed by atoms with Crippen molar-refractivity contribution in [1.29, 1.82) is 0 Å². The molecule has 2 heterocycles. The summed E-state index contributed by atoms with van der Waals surface area (Å²) in [5.74, 6) is 2.16. The molecule has 0 aliphatic carbocycles. The Hall–Kier alpha value is -2.62. The minimum absolute atomic E-state index is 0.401. The van der Waals surface area contributed by atoms with Gasteiger partial charge >= 0.3 is 0 Å². The number of para-hydroxylation sites is 2. The lowest BCUT2D eigenvalue weighted by atomic mass is 10.2. The third-order valence-corrected chi connectivity index (χ3v) is 6.01. The molecule has 0 atom stereocenters. The van der Waals surface area contributed by atoms with E-state index in [4.69, 9.17) is 20.8 Å². The van der Waals surface area contributed by atoms with E-state index in [1.807, 2.05) is 49.4 Å². The van der Waals surface area contributed by atoms with Gasteiger partial charge in [-0.05, 0) is 31.2 Å². The predicted octanol–water partition coefficient (Wildman–Crippen LogP) is 5.68. The molecule has 4 aromatic rings. The molecule has 4 rings (SSSR count). The Balaban J connectivity index is 1.39. The molecule has 0 radical (unpaired) electrons. The minimum atomic E-state index is 0.401. The van der Waals surface area contributed by atoms with E-state index < -0.39 is 0 Å². The third kappa shape index (κ3) is 4.87. The lowest BCUT2D eigenvalue weighted by molar-refractivity contribution is 0.342. The van der Waals surface area contributed by atoms with E-state index in [9.17, 15) is 0 Å². The quantitative estimate of drug-likeness (QED) is 0.347. The second kappa shape index (κ2) is 9.25. The molecule has 0 saturated heterocycles. The summed E-state index contributed by atoms with van der Waals surface area (Å²) in [6.45, 7) is 2.54. The number of hydrogen-bond acceptors (Lipinski definition) is 9. The number of benzene rings is 2. The number of aromatic nitrogens is 4. The van der Waals surface area contributed by atoms with Crippen LogP contribution in [0.5, 0.6) is 5.75 Å². The van der Waals surface area contributed by atoms with Gasteiger partial charge in [0.1, 0.15) is 5.75 Å². The van der Waals surface area contributed by atoms with Crippen LogP contribution in [0.25, 0.3) is 11.5 Å². The first kappa shape index (κ1) is 19.7. The van der Waals surface area contributed by atoms with Crippen molar-refractivity contribution in [3.05, 3.63) is 59.4 Å². The highest BCUT2D eigenvalue weighted by Gasteiger charge is 2.13. The van der Waals surface area contributed by atoms with E-state index in [0.717, 1.165) is 15.8 Å². The zero-order chi connectivity index (χ0) is 20.1. The van der Waals surface area contributed by atoms with Gasteiger partial charge in [0.15, 0.2) is 4.34 Å². The normalized spacial score (nSPS) is 10.8. The van der Waals surface area contributed by atoms with Crippen LogP contribution in [-0.2, 0) is 5.75 Å². The molecule has 29 heavy (non-hydrogen) atoms. The van der Waals surface area contributed by atoms with E-state index >= 15 is 0 Å². The maximum Gasteiger partial charge on any atom is 0.249 e. The van der Waals surface area contributed by atoms with Gasteiger partial charge in [0, 0.05) is 0 Å². The fourth-order valence-electron chi connectivity index (χ4n) is 2.46. The van der Waals surface area contributed by atoms with Gasteiger partial charge in [-0.3, -0.25) is 0 Å². The number of halogens is 1. The average molecular weight is 446 g/mol. The molecule has 1 N–H and O–H groups in total. The summed E-state index contributed by atoms with van der Waals surface area (Å²) in [6.07, 6.45) is 0. The first-order valence-corrected chi connectivity index (χ1v) is 10.9. The van der Waals surface area contributed by atoms with Crippen LogP contribution < -0.4 is 10.1 Å². The molecule has 2 aromatic carbocycles. The molecule has 0 fully saturated rings. The van der Waals surface area contributed by atoms with E-state index in [1.54, 1.807) is 6.07 Å². The molecule has 0 amide bonds. The zero-order valence-corrected chi connectivity index (χ0v) is 17.7. The molecule has 2 aromatic heterocycles. The molecule has 0 unspecified atom stereocenters. The molecule has 7 nitrogen and oxygen atoms in total. The molecule has 0 aliphatic heterocycles. The Bertz CT molecular complexity index is 1100. The van der Waals surface area contributed by atoms with Crippen LogP contribution in [0, 0.1) is 0 Å². The number of nitrogens with zero attached hydrogens (tertiary/aromatic N) is 4. The summed E-state index contributed by atoms with van der Waals surface area (Å²) in [5, 5.41) is 21.0. The standard InChI is InChI=1S/C19H16ClN5O2S2/c1-2-26-15-10-6-5-9-14(15)21-18-24-25-19(29-18)28-11-16-22-23-17(27-16)12-7-3-4-8-13(12)20/h3-10H,2,11H2,1H3,(H,21,24). The van der Waals surface area contributed by atoms with Crippen molar-refractivity contribution in [1.82, 2.24) is 20.4 Å². The van der Waals surface area contributed by atoms with Gasteiger partial charge in [-0.2, -0.15) is 0 Å². The Morgan fingerprint density at radius 2 is 1.90 bits per heavy atom. The fourth-order valence-corrected chi connectivity index (χ4v) is 4.28. The van der Waals surface area contributed by atoms with Crippen molar-refractivity contribution in [3.8, 4) is 17.2 Å². The lowest BCUT2D eigenvalue weighted by Gasteiger charge is -2.09. The Kier molecular flexibility index (Phi) is 6.28. The number of nitrogens with one attached hydrogen (secondary N) is 1. The SMILES string of the molecule is CCOc1ccccc1Nc1nnc(SCc2nnc(-c3ccccc3Cl)o2)s1. The van der Waals surface area contributed by atoms with Gasteiger partial charge < -0.3 is 14.5 Å². The second-order valence-electron chi connectivity index (χ2n) is 5.70. The van der Waals surface area contributed by atoms with Crippen molar-refractivity contribution in [2.75, 3.05) is 11.9 Å². The summed E-state index contributed by atoms with van der Waals surface area (Å²) in [6, 6.07) is 15.1. The lowest BCUT2D eigenvalue weighted by Crippen LogP contribution is -1.97. The van der Waals surface area contributed by atoms with E-state index in [2.05, 4.69) is 25.7 Å². The number of thioether (sulfide) groups is 1. The van der Waals surface area contributed by atoms with Crippen LogP contribution in [0.15, 0.2) is 57.3 Å². The van der Waals surface area contributed by atoms with Crippen LogP contribution in [0.1, 0.15) is 12.8 Å². The van der Waals surface area contributed by atoms with Gasteiger partial charge in [-0.25, -0.2) is 0 Å². The Labute approximate surface area is 180 Å². The van der Waals surface area contributed by atoms with Crippen molar-refractivity contribution in [2.24, 2.45) is 0 Å². The van der Waals surface area contributed by atoms with Gasteiger partial charge in [-0.15, -0.1) is 20.4 Å². The van der Waals surface area contributed by atoms with Gasteiger partial charge in [0.2, 0.25) is 16.9 Å². The van der Waals surface area contributed by atoms with Crippen molar-refractivity contribution >= 4 is 45.5 Å². The van der Waals surface area contributed by atoms with Crippen molar-refractivity contribution in [2.45, 2.75) is 17.0 Å². The Morgan fingerprint density at radius 1 is 1.07 bits per heavy atom. The van der Waals surface area contributed by atoms with Crippen LogP contribution in [-0.4, -0.2) is 27.0 Å². The highest BCUT2D eigenvalue weighted by atomic mass is 35.5. The highest BCUT2D eigenvalue weighted by Crippen LogP contribution is 2.33. The van der Waals surface area contributed by atoms with Crippen LogP contribution in [0.2, 0.25) is 5.02 Å². The van der Waals surface area contributed by atoms with Gasteiger partial charge in [0.25, 0.3) is 0 Å². The molecule has 148 valence electrons. The first-order chi connectivity index (χ1) is 14.2. The topological polar surface area (TPSA) is 86.0 Å². The van der Waals surface area contributed by atoms with Crippen molar-refractivity contribution in [3.63, 3.8) is 0 Å².